The molecule has 1 aromatic rings. The maximum absolute atomic E-state index is 12.2. The van der Waals surface area contributed by atoms with Crippen LogP contribution in [0.2, 0.25) is 0 Å². The summed E-state index contributed by atoms with van der Waals surface area (Å²) in [5.74, 6) is 0.537. The van der Waals surface area contributed by atoms with Gasteiger partial charge in [0.25, 0.3) is 0 Å². The summed E-state index contributed by atoms with van der Waals surface area (Å²) in [6, 6.07) is 3.14. The monoisotopic (exact) mass is 376 g/mol. The second kappa shape index (κ2) is 10.1. The van der Waals surface area contributed by atoms with Crippen LogP contribution < -0.4 is 9.47 Å². The molecule has 2 rings (SSSR count). The maximum atomic E-state index is 12.2. The SMILES string of the molecule is CCCCCOc1c(OC)cc(/C=C2\CN(CC)CCC2=O)cc1[N+](=O)[O-]. The second-order valence-electron chi connectivity index (χ2n) is 6.60. The first-order chi connectivity index (χ1) is 13.0. The van der Waals surface area contributed by atoms with Gasteiger partial charge in [-0.1, -0.05) is 26.7 Å². The van der Waals surface area contributed by atoms with E-state index in [4.69, 9.17) is 9.47 Å². The summed E-state index contributed by atoms with van der Waals surface area (Å²) < 4.78 is 11.0. The van der Waals surface area contributed by atoms with Gasteiger partial charge in [0, 0.05) is 31.1 Å². The Morgan fingerprint density at radius 1 is 1.30 bits per heavy atom. The number of piperidine rings is 1. The number of nitro benzene ring substituents is 1. The summed E-state index contributed by atoms with van der Waals surface area (Å²) in [7, 11) is 1.46. The number of nitro groups is 1. The van der Waals surface area contributed by atoms with Crippen molar-refractivity contribution >= 4 is 17.5 Å². The molecule has 1 heterocycles. The van der Waals surface area contributed by atoms with Gasteiger partial charge in [0.2, 0.25) is 5.75 Å². The molecule has 0 aliphatic carbocycles. The molecule has 0 atom stereocenters. The minimum atomic E-state index is -0.472. The molecule has 0 N–H and O–H groups in total. The van der Waals surface area contributed by atoms with Crippen LogP contribution in [0, 0.1) is 10.1 Å². The molecule has 7 heteroatoms. The van der Waals surface area contributed by atoms with Crippen molar-refractivity contribution in [1.29, 1.82) is 0 Å². The summed E-state index contributed by atoms with van der Waals surface area (Å²) in [5.41, 5.74) is 1.09. The van der Waals surface area contributed by atoms with E-state index in [1.807, 2.05) is 6.92 Å². The molecule has 1 saturated heterocycles. The summed E-state index contributed by atoms with van der Waals surface area (Å²) >= 11 is 0. The van der Waals surface area contributed by atoms with E-state index < -0.39 is 4.92 Å². The lowest BCUT2D eigenvalue weighted by Gasteiger charge is -2.26. The highest BCUT2D eigenvalue weighted by atomic mass is 16.6. The molecular weight excluding hydrogens is 348 g/mol. The number of Topliss-reactive ketones (excluding diaryl/α,β-unsaturated/α-hetero) is 1. The second-order valence-corrected chi connectivity index (χ2v) is 6.60. The van der Waals surface area contributed by atoms with Crippen LogP contribution in [0.3, 0.4) is 0 Å². The van der Waals surface area contributed by atoms with Crippen LogP contribution in [0.4, 0.5) is 5.69 Å². The third-order valence-electron chi connectivity index (χ3n) is 4.66. The first-order valence-electron chi connectivity index (χ1n) is 9.45. The van der Waals surface area contributed by atoms with Gasteiger partial charge in [-0.25, -0.2) is 0 Å². The van der Waals surface area contributed by atoms with Crippen molar-refractivity contribution in [2.24, 2.45) is 0 Å². The van der Waals surface area contributed by atoms with Crippen molar-refractivity contribution in [2.75, 3.05) is 33.4 Å². The average Bonchev–Trinajstić information content (AvgIpc) is 2.67. The van der Waals surface area contributed by atoms with E-state index in [-0.39, 0.29) is 17.2 Å². The standard InChI is InChI=1S/C20H28N2O5/c1-4-6-7-10-27-20-17(22(24)25)12-15(13-19(20)26-3)11-16-14-21(5-2)9-8-18(16)23/h11-13H,4-10,14H2,1-3H3/b16-11+. The van der Waals surface area contributed by atoms with Crippen molar-refractivity contribution in [3.05, 3.63) is 33.4 Å². The zero-order valence-corrected chi connectivity index (χ0v) is 16.3. The van der Waals surface area contributed by atoms with Gasteiger partial charge in [-0.2, -0.15) is 0 Å². The summed E-state index contributed by atoms with van der Waals surface area (Å²) in [6.07, 6.45) is 5.05. The molecule has 0 aromatic heterocycles. The number of ether oxygens (including phenoxy) is 2. The van der Waals surface area contributed by atoms with Crippen molar-refractivity contribution in [1.82, 2.24) is 4.90 Å². The quantitative estimate of drug-likeness (QED) is 0.282. The number of hydrogen-bond donors (Lipinski definition) is 0. The fraction of sp³-hybridized carbons (Fsp3) is 0.550. The smallest absolute Gasteiger partial charge is 0.315 e. The van der Waals surface area contributed by atoms with Gasteiger partial charge < -0.3 is 9.47 Å². The molecule has 0 radical (unpaired) electrons. The Morgan fingerprint density at radius 3 is 2.70 bits per heavy atom. The Hall–Kier alpha value is -2.41. The molecule has 1 aliphatic rings. The number of rotatable bonds is 9. The van der Waals surface area contributed by atoms with Crippen molar-refractivity contribution in [3.63, 3.8) is 0 Å². The van der Waals surface area contributed by atoms with E-state index in [0.717, 1.165) is 32.4 Å². The Balaban J connectivity index is 2.35. The fourth-order valence-electron chi connectivity index (χ4n) is 3.08. The minimum absolute atomic E-state index is 0.0845. The summed E-state index contributed by atoms with van der Waals surface area (Å²) in [5, 5.41) is 11.6. The Bertz CT molecular complexity index is 715. The van der Waals surface area contributed by atoms with Gasteiger partial charge in [-0.3, -0.25) is 19.8 Å². The Morgan fingerprint density at radius 2 is 2.07 bits per heavy atom. The molecule has 0 spiro atoms. The van der Waals surface area contributed by atoms with Crippen LogP contribution in [0.25, 0.3) is 6.08 Å². The van der Waals surface area contributed by atoms with Gasteiger partial charge in [0.15, 0.2) is 11.5 Å². The number of likely N-dealkylation sites (N-methyl/N-ethyl adjacent to an activating group) is 1. The number of benzene rings is 1. The predicted molar refractivity (Wildman–Crippen MR) is 104 cm³/mol. The van der Waals surface area contributed by atoms with E-state index >= 15 is 0 Å². The lowest BCUT2D eigenvalue weighted by molar-refractivity contribution is -0.386. The molecule has 0 unspecified atom stereocenters. The Kier molecular flexibility index (Phi) is 7.79. The van der Waals surface area contributed by atoms with Crippen molar-refractivity contribution in [2.45, 2.75) is 39.5 Å². The maximum Gasteiger partial charge on any atom is 0.315 e. The highest BCUT2D eigenvalue weighted by Gasteiger charge is 2.24. The molecule has 0 saturated carbocycles. The normalized spacial score (nSPS) is 16.6. The number of carbonyl (C=O) groups excluding carboxylic acids is 1. The summed E-state index contributed by atoms with van der Waals surface area (Å²) in [4.78, 5) is 25.5. The molecular formula is C20H28N2O5. The zero-order chi connectivity index (χ0) is 19.8. The molecule has 1 aliphatic heterocycles. The van der Waals surface area contributed by atoms with Crippen LogP contribution in [-0.2, 0) is 4.79 Å². The number of methoxy groups -OCH3 is 1. The van der Waals surface area contributed by atoms with Crippen LogP contribution in [0.5, 0.6) is 11.5 Å². The fourth-order valence-corrected chi connectivity index (χ4v) is 3.08. The third kappa shape index (κ3) is 5.53. The highest BCUT2D eigenvalue weighted by Crippen LogP contribution is 2.39. The van der Waals surface area contributed by atoms with E-state index in [0.29, 0.717) is 36.5 Å². The molecule has 1 aromatic carbocycles. The van der Waals surface area contributed by atoms with Crippen LogP contribution in [0.15, 0.2) is 17.7 Å². The first kappa shape index (κ1) is 20.9. The number of likely N-dealkylation sites (tertiary alicyclic amines) is 1. The molecule has 0 bridgehead atoms. The number of nitrogens with zero attached hydrogens (tertiary/aromatic N) is 2. The van der Waals surface area contributed by atoms with Crippen molar-refractivity contribution < 1.29 is 19.2 Å². The van der Waals surface area contributed by atoms with Crippen LogP contribution in [0.1, 0.15) is 45.1 Å². The average molecular weight is 376 g/mol. The molecule has 27 heavy (non-hydrogen) atoms. The van der Waals surface area contributed by atoms with E-state index in [9.17, 15) is 14.9 Å². The predicted octanol–water partition coefficient (Wildman–Crippen LogP) is 3.85. The number of ketones is 1. The first-order valence-corrected chi connectivity index (χ1v) is 9.45. The number of unbranched alkanes of at least 4 members (excludes halogenated alkanes) is 2. The van der Waals surface area contributed by atoms with Gasteiger partial charge in [-0.15, -0.1) is 0 Å². The number of hydrogen-bond acceptors (Lipinski definition) is 6. The zero-order valence-electron chi connectivity index (χ0n) is 16.3. The van der Waals surface area contributed by atoms with Gasteiger partial charge in [0.1, 0.15) is 0 Å². The van der Waals surface area contributed by atoms with E-state index in [1.54, 1.807) is 12.1 Å². The minimum Gasteiger partial charge on any atom is -0.493 e. The number of carbonyl (C=O) groups is 1. The van der Waals surface area contributed by atoms with Crippen LogP contribution in [-0.4, -0.2) is 49.0 Å². The van der Waals surface area contributed by atoms with Gasteiger partial charge in [-0.05, 0) is 30.7 Å². The lowest BCUT2D eigenvalue weighted by atomic mass is 10.00. The molecule has 1 fully saturated rings. The molecule has 148 valence electrons. The highest BCUT2D eigenvalue weighted by molar-refractivity contribution is 6.00. The van der Waals surface area contributed by atoms with E-state index in [2.05, 4.69) is 11.8 Å². The van der Waals surface area contributed by atoms with E-state index in [1.165, 1.54) is 13.2 Å². The van der Waals surface area contributed by atoms with Crippen LogP contribution >= 0.6 is 0 Å². The topological polar surface area (TPSA) is 81.9 Å². The third-order valence-corrected chi connectivity index (χ3v) is 4.66. The largest absolute Gasteiger partial charge is 0.493 e. The molecule has 0 amide bonds. The van der Waals surface area contributed by atoms with Gasteiger partial charge >= 0.3 is 5.69 Å². The molecule has 7 nitrogen and oxygen atoms in total. The summed E-state index contributed by atoms with van der Waals surface area (Å²) in [6.45, 7) is 6.69. The van der Waals surface area contributed by atoms with Crippen molar-refractivity contribution in [3.8, 4) is 11.5 Å². The lowest BCUT2D eigenvalue weighted by Crippen LogP contribution is -2.35. The van der Waals surface area contributed by atoms with Gasteiger partial charge in [0.05, 0.1) is 18.6 Å². The Labute approximate surface area is 160 Å².